The van der Waals surface area contributed by atoms with E-state index in [-0.39, 0.29) is 0 Å². The third kappa shape index (κ3) is 2.45. The Balaban J connectivity index is 2.32. The minimum atomic E-state index is -4.26. The number of rotatable bonds is 1. The largest absolute Gasteiger partial charge is 0.418 e. The summed E-state index contributed by atoms with van der Waals surface area (Å²) in [4.78, 5) is 1.82. The van der Waals surface area contributed by atoms with Gasteiger partial charge in [0.2, 0.25) is 0 Å². The summed E-state index contributed by atoms with van der Waals surface area (Å²) in [6, 6.07) is 5.80. The molecule has 1 aromatic carbocycles. The zero-order chi connectivity index (χ0) is 11.6. The molecule has 16 heavy (non-hydrogen) atoms. The van der Waals surface area contributed by atoms with Gasteiger partial charge in [-0.05, 0) is 12.1 Å². The molecule has 1 saturated heterocycles. The first-order valence-electron chi connectivity index (χ1n) is 5.08. The van der Waals surface area contributed by atoms with Crippen molar-refractivity contribution in [3.05, 3.63) is 29.8 Å². The van der Waals surface area contributed by atoms with Gasteiger partial charge in [0.1, 0.15) is 0 Å². The second-order valence-electron chi connectivity index (χ2n) is 3.61. The molecule has 1 aliphatic rings. The van der Waals surface area contributed by atoms with Gasteiger partial charge in [-0.3, -0.25) is 0 Å². The maximum Gasteiger partial charge on any atom is 0.418 e. The molecular weight excluding hydrogens is 235 g/mol. The van der Waals surface area contributed by atoms with Gasteiger partial charge in [0, 0.05) is 30.3 Å². The first-order valence-corrected chi connectivity index (χ1v) is 6.23. The fourth-order valence-corrected chi connectivity index (χ4v) is 2.70. The van der Waals surface area contributed by atoms with E-state index in [9.17, 15) is 13.2 Å². The molecule has 1 aliphatic heterocycles. The second kappa shape index (κ2) is 4.57. The summed E-state index contributed by atoms with van der Waals surface area (Å²) in [7, 11) is 0. The normalized spacial score (nSPS) is 17.6. The molecule has 2 rings (SSSR count). The average molecular weight is 247 g/mol. The van der Waals surface area contributed by atoms with Crippen molar-refractivity contribution < 1.29 is 13.2 Å². The van der Waals surface area contributed by atoms with Crippen LogP contribution in [0.15, 0.2) is 24.3 Å². The fourth-order valence-electron chi connectivity index (χ4n) is 1.79. The van der Waals surface area contributed by atoms with E-state index in [1.165, 1.54) is 6.07 Å². The minimum absolute atomic E-state index is 0.315. The molecule has 0 N–H and O–H groups in total. The molecule has 0 aromatic heterocycles. The van der Waals surface area contributed by atoms with E-state index >= 15 is 0 Å². The van der Waals surface area contributed by atoms with Crippen molar-refractivity contribution in [3.63, 3.8) is 0 Å². The van der Waals surface area contributed by atoms with Crippen LogP contribution in [-0.4, -0.2) is 24.6 Å². The molecule has 0 unspecified atom stereocenters. The van der Waals surface area contributed by atoms with E-state index < -0.39 is 11.7 Å². The molecule has 5 heteroatoms. The lowest BCUT2D eigenvalue weighted by Gasteiger charge is -2.30. The maximum atomic E-state index is 12.8. The van der Waals surface area contributed by atoms with Crippen LogP contribution in [-0.2, 0) is 6.18 Å². The van der Waals surface area contributed by atoms with Crippen LogP contribution < -0.4 is 4.90 Å². The van der Waals surface area contributed by atoms with Crippen LogP contribution in [0.3, 0.4) is 0 Å². The van der Waals surface area contributed by atoms with E-state index in [4.69, 9.17) is 0 Å². The van der Waals surface area contributed by atoms with Crippen molar-refractivity contribution in [3.8, 4) is 0 Å². The minimum Gasteiger partial charge on any atom is -0.369 e. The smallest absolute Gasteiger partial charge is 0.369 e. The van der Waals surface area contributed by atoms with Gasteiger partial charge < -0.3 is 4.90 Å². The molecule has 0 amide bonds. The number of hydrogen-bond donors (Lipinski definition) is 0. The zero-order valence-corrected chi connectivity index (χ0v) is 9.44. The summed E-state index contributed by atoms with van der Waals surface area (Å²) in [5, 5.41) is 0. The third-order valence-electron chi connectivity index (χ3n) is 2.56. The lowest BCUT2D eigenvalue weighted by atomic mass is 10.1. The Hall–Kier alpha value is -0.840. The monoisotopic (exact) mass is 247 g/mol. The van der Waals surface area contributed by atoms with Gasteiger partial charge in [0.25, 0.3) is 0 Å². The predicted octanol–water partition coefficient (Wildman–Crippen LogP) is 3.26. The predicted molar refractivity (Wildman–Crippen MR) is 61.0 cm³/mol. The van der Waals surface area contributed by atoms with Crippen molar-refractivity contribution in [1.29, 1.82) is 0 Å². The summed E-state index contributed by atoms with van der Waals surface area (Å²) in [5.41, 5.74) is -0.211. The molecular formula is C11H12F3NS. The Labute approximate surface area is 96.6 Å². The third-order valence-corrected chi connectivity index (χ3v) is 3.50. The van der Waals surface area contributed by atoms with Crippen LogP contribution in [0.4, 0.5) is 18.9 Å². The van der Waals surface area contributed by atoms with Crippen molar-refractivity contribution in [2.24, 2.45) is 0 Å². The van der Waals surface area contributed by atoms with Crippen LogP contribution in [0.2, 0.25) is 0 Å². The first kappa shape index (κ1) is 11.6. The van der Waals surface area contributed by atoms with Crippen molar-refractivity contribution in [2.45, 2.75) is 6.18 Å². The molecule has 0 aliphatic carbocycles. The van der Waals surface area contributed by atoms with Crippen LogP contribution in [0, 0.1) is 0 Å². The number of anilines is 1. The topological polar surface area (TPSA) is 3.24 Å². The Kier molecular flexibility index (Phi) is 3.33. The van der Waals surface area contributed by atoms with Gasteiger partial charge in [-0.1, -0.05) is 12.1 Å². The molecule has 0 radical (unpaired) electrons. The number of alkyl halides is 3. The SMILES string of the molecule is FC(F)(F)c1ccccc1N1CCSCC1. The standard InChI is InChI=1S/C11H12F3NS/c12-11(13,14)9-3-1-2-4-10(9)15-5-7-16-8-6-15/h1-4H,5-8H2. The van der Waals surface area contributed by atoms with Crippen molar-refractivity contribution >= 4 is 17.4 Å². The fraction of sp³-hybridized carbons (Fsp3) is 0.455. The number of nitrogens with zero attached hydrogens (tertiary/aromatic N) is 1. The van der Waals surface area contributed by atoms with Gasteiger partial charge in [0.05, 0.1) is 5.56 Å². The van der Waals surface area contributed by atoms with Crippen molar-refractivity contribution in [2.75, 3.05) is 29.5 Å². The number of benzene rings is 1. The molecule has 88 valence electrons. The van der Waals surface area contributed by atoms with Crippen molar-refractivity contribution in [1.82, 2.24) is 0 Å². The molecule has 1 heterocycles. The van der Waals surface area contributed by atoms with Crippen LogP contribution >= 0.6 is 11.8 Å². The first-order chi connectivity index (χ1) is 7.59. The number of para-hydroxylation sites is 1. The van der Waals surface area contributed by atoms with Gasteiger partial charge in [0.15, 0.2) is 0 Å². The lowest BCUT2D eigenvalue weighted by Crippen LogP contribution is -2.33. The van der Waals surface area contributed by atoms with E-state index in [1.54, 1.807) is 23.9 Å². The van der Waals surface area contributed by atoms with E-state index in [0.717, 1.165) is 17.6 Å². The molecule has 1 nitrogen and oxygen atoms in total. The van der Waals surface area contributed by atoms with E-state index in [0.29, 0.717) is 18.8 Å². The van der Waals surface area contributed by atoms with Crippen LogP contribution in [0.1, 0.15) is 5.56 Å². The summed E-state index contributed by atoms with van der Waals surface area (Å²) in [6.45, 7) is 1.38. The molecule has 0 atom stereocenters. The quantitative estimate of drug-likeness (QED) is 0.749. The second-order valence-corrected chi connectivity index (χ2v) is 4.84. The summed E-state index contributed by atoms with van der Waals surface area (Å²) in [5.74, 6) is 1.79. The molecule has 0 spiro atoms. The Bertz CT molecular complexity index is 358. The number of thioether (sulfide) groups is 1. The average Bonchev–Trinajstić information content (AvgIpc) is 2.29. The maximum absolute atomic E-state index is 12.8. The van der Waals surface area contributed by atoms with Gasteiger partial charge >= 0.3 is 6.18 Å². The Morgan fingerprint density at radius 2 is 1.69 bits per heavy atom. The zero-order valence-electron chi connectivity index (χ0n) is 8.63. The van der Waals surface area contributed by atoms with Gasteiger partial charge in [-0.25, -0.2) is 0 Å². The van der Waals surface area contributed by atoms with E-state index in [2.05, 4.69) is 0 Å². The van der Waals surface area contributed by atoms with Crippen LogP contribution in [0.5, 0.6) is 0 Å². The Morgan fingerprint density at radius 1 is 1.06 bits per heavy atom. The Morgan fingerprint density at radius 3 is 2.31 bits per heavy atom. The molecule has 1 aromatic rings. The van der Waals surface area contributed by atoms with Gasteiger partial charge in [-0.15, -0.1) is 0 Å². The highest BCUT2D eigenvalue weighted by Crippen LogP contribution is 2.36. The van der Waals surface area contributed by atoms with Gasteiger partial charge in [-0.2, -0.15) is 24.9 Å². The highest BCUT2D eigenvalue weighted by Gasteiger charge is 2.34. The van der Waals surface area contributed by atoms with E-state index in [1.807, 2.05) is 4.90 Å². The molecule has 1 fully saturated rings. The number of hydrogen-bond acceptors (Lipinski definition) is 2. The summed E-state index contributed by atoms with van der Waals surface area (Å²) >= 11 is 1.78. The highest BCUT2D eigenvalue weighted by atomic mass is 32.2. The highest BCUT2D eigenvalue weighted by molar-refractivity contribution is 7.99. The van der Waals surface area contributed by atoms with Crippen LogP contribution in [0.25, 0.3) is 0 Å². The molecule has 0 saturated carbocycles. The summed E-state index contributed by atoms with van der Waals surface area (Å²) < 4.78 is 38.3. The molecule has 0 bridgehead atoms. The number of halogens is 3. The summed E-state index contributed by atoms with van der Waals surface area (Å²) in [6.07, 6.45) is -4.26. The lowest BCUT2D eigenvalue weighted by molar-refractivity contribution is -0.137.